The van der Waals surface area contributed by atoms with Gasteiger partial charge in [0.2, 0.25) is 0 Å². The molecule has 0 saturated carbocycles. The Morgan fingerprint density at radius 3 is 1.63 bits per heavy atom. The molecule has 0 bridgehead atoms. The molecule has 0 atom stereocenters. The molecule has 4 heteroatoms. The van der Waals surface area contributed by atoms with Crippen molar-refractivity contribution in [3.05, 3.63) is 221 Å². The highest BCUT2D eigenvalue weighted by atomic mass is 16.3. The largest absolute Gasteiger partial charge is 0.455 e. The van der Waals surface area contributed by atoms with Crippen molar-refractivity contribution >= 4 is 21.9 Å². The van der Waals surface area contributed by atoms with Crippen molar-refractivity contribution in [1.82, 2.24) is 15.0 Å². The first-order chi connectivity index (χ1) is 29.0. The number of benzene rings is 8. The van der Waals surface area contributed by atoms with Crippen LogP contribution in [-0.2, 0) is 10.8 Å². The van der Waals surface area contributed by atoms with Crippen LogP contribution in [0, 0.1) is 0 Å². The Hall–Kier alpha value is -7.43. The summed E-state index contributed by atoms with van der Waals surface area (Å²) in [6.45, 7) is 4.63. The second-order valence-corrected chi connectivity index (χ2v) is 16.2. The molecule has 12 rings (SSSR count). The van der Waals surface area contributed by atoms with Crippen LogP contribution in [0.1, 0.15) is 47.2 Å². The van der Waals surface area contributed by atoms with Gasteiger partial charge in [-0.05, 0) is 67.8 Å². The molecule has 2 aliphatic rings. The highest BCUT2D eigenvalue weighted by Crippen LogP contribution is 2.58. The van der Waals surface area contributed by atoms with E-state index in [4.69, 9.17) is 19.4 Å². The zero-order valence-electron chi connectivity index (χ0n) is 32.6. The molecule has 278 valence electrons. The minimum absolute atomic E-state index is 0.272. The summed E-state index contributed by atoms with van der Waals surface area (Å²) in [5.41, 5.74) is 15.7. The molecule has 0 unspecified atom stereocenters. The van der Waals surface area contributed by atoms with Crippen molar-refractivity contribution in [3.63, 3.8) is 0 Å². The SMILES string of the molecule is CC1(C)c2ccccc2-c2cccc(-c3nc(-c4cccc5c4-c4ccccc4C5(c4ccccc4)c4ccccc4)nc(-c4cccc5c4oc4ccccc45)n3)c21. The maximum atomic E-state index is 6.62. The Morgan fingerprint density at radius 1 is 0.373 bits per heavy atom. The van der Waals surface area contributed by atoms with Crippen molar-refractivity contribution < 1.29 is 4.42 Å². The van der Waals surface area contributed by atoms with Gasteiger partial charge in [0.05, 0.1) is 11.0 Å². The predicted octanol–water partition coefficient (Wildman–Crippen LogP) is 13.4. The van der Waals surface area contributed by atoms with E-state index < -0.39 is 5.41 Å². The first-order valence-electron chi connectivity index (χ1n) is 20.3. The van der Waals surface area contributed by atoms with E-state index in [0.29, 0.717) is 17.5 Å². The number of rotatable bonds is 5. The fourth-order valence-corrected chi connectivity index (χ4v) is 10.4. The highest BCUT2D eigenvalue weighted by Gasteiger charge is 2.47. The Bertz CT molecular complexity index is 3270. The van der Waals surface area contributed by atoms with Crippen LogP contribution in [0.5, 0.6) is 0 Å². The third-order valence-electron chi connectivity index (χ3n) is 12.8. The predicted molar refractivity (Wildman–Crippen MR) is 238 cm³/mol. The van der Waals surface area contributed by atoms with E-state index in [-0.39, 0.29) is 5.41 Å². The van der Waals surface area contributed by atoms with Gasteiger partial charge in [-0.2, -0.15) is 0 Å². The van der Waals surface area contributed by atoms with Gasteiger partial charge in [0.1, 0.15) is 11.2 Å². The van der Waals surface area contributed by atoms with Gasteiger partial charge in [-0.15, -0.1) is 0 Å². The van der Waals surface area contributed by atoms with E-state index in [9.17, 15) is 0 Å². The van der Waals surface area contributed by atoms with Crippen LogP contribution in [0.25, 0.3) is 78.4 Å². The normalized spacial score (nSPS) is 14.2. The second kappa shape index (κ2) is 12.5. The van der Waals surface area contributed by atoms with Crippen LogP contribution in [0.3, 0.4) is 0 Å². The Balaban J connectivity index is 1.17. The van der Waals surface area contributed by atoms with E-state index in [1.165, 1.54) is 50.1 Å². The fourth-order valence-electron chi connectivity index (χ4n) is 10.4. The molecule has 2 heterocycles. The zero-order chi connectivity index (χ0) is 39.3. The first kappa shape index (κ1) is 33.7. The van der Waals surface area contributed by atoms with E-state index in [2.05, 4.69) is 190 Å². The minimum Gasteiger partial charge on any atom is -0.455 e. The topological polar surface area (TPSA) is 51.8 Å². The molecule has 8 aromatic carbocycles. The van der Waals surface area contributed by atoms with Gasteiger partial charge in [-0.1, -0.05) is 190 Å². The second-order valence-electron chi connectivity index (χ2n) is 16.2. The van der Waals surface area contributed by atoms with Crippen molar-refractivity contribution in [2.75, 3.05) is 0 Å². The molecule has 0 fully saturated rings. The van der Waals surface area contributed by atoms with Gasteiger partial charge in [-0.3, -0.25) is 0 Å². The molecule has 2 aromatic heterocycles. The average Bonchev–Trinajstić information content (AvgIpc) is 3.91. The molecular formula is C55H37N3O. The van der Waals surface area contributed by atoms with Gasteiger partial charge in [0.15, 0.2) is 17.5 Å². The summed E-state index contributed by atoms with van der Waals surface area (Å²) in [4.78, 5) is 16.4. The van der Waals surface area contributed by atoms with Crippen molar-refractivity contribution in [2.24, 2.45) is 0 Å². The number of para-hydroxylation sites is 2. The van der Waals surface area contributed by atoms with Crippen LogP contribution in [0.15, 0.2) is 192 Å². The van der Waals surface area contributed by atoms with E-state index >= 15 is 0 Å². The van der Waals surface area contributed by atoms with Crippen LogP contribution in [0.4, 0.5) is 0 Å². The number of fused-ring (bicyclic) bond motifs is 9. The van der Waals surface area contributed by atoms with Crippen molar-refractivity contribution in [3.8, 4) is 56.4 Å². The molecule has 59 heavy (non-hydrogen) atoms. The Morgan fingerprint density at radius 2 is 0.864 bits per heavy atom. The van der Waals surface area contributed by atoms with Gasteiger partial charge >= 0.3 is 0 Å². The van der Waals surface area contributed by atoms with Crippen LogP contribution < -0.4 is 0 Å². The summed E-state index contributed by atoms with van der Waals surface area (Å²) in [6, 6.07) is 67.1. The third-order valence-corrected chi connectivity index (χ3v) is 12.8. The summed E-state index contributed by atoms with van der Waals surface area (Å²) in [7, 11) is 0. The van der Waals surface area contributed by atoms with Crippen molar-refractivity contribution in [2.45, 2.75) is 24.7 Å². The van der Waals surface area contributed by atoms with Gasteiger partial charge < -0.3 is 4.42 Å². The maximum Gasteiger partial charge on any atom is 0.167 e. The molecule has 0 amide bonds. The lowest BCUT2D eigenvalue weighted by atomic mass is 9.67. The molecule has 10 aromatic rings. The quantitative estimate of drug-likeness (QED) is 0.176. The standard InChI is InChI=1S/C55H37N3O/c1-54(2)44-30-12-9-22-36(44)38-25-15-28-42(49(38)54)52-56-51(57-53(58-52)43-29-16-26-39-37-23-11-14-33-47(37)59-50(39)43)41-27-17-32-46-48(41)40-24-10-13-31-45(40)55(46,34-18-5-3-6-19-34)35-20-7-4-8-21-35/h3-33H,1-2H3. The monoisotopic (exact) mass is 755 g/mol. The summed E-state index contributed by atoms with van der Waals surface area (Å²) >= 11 is 0. The summed E-state index contributed by atoms with van der Waals surface area (Å²) in [5.74, 6) is 1.83. The summed E-state index contributed by atoms with van der Waals surface area (Å²) in [6.07, 6.45) is 0. The molecule has 0 saturated heterocycles. The zero-order valence-corrected chi connectivity index (χ0v) is 32.6. The first-order valence-corrected chi connectivity index (χ1v) is 20.3. The van der Waals surface area contributed by atoms with Gasteiger partial charge in [0.25, 0.3) is 0 Å². The lowest BCUT2D eigenvalue weighted by Crippen LogP contribution is -2.28. The molecule has 2 aliphatic carbocycles. The highest BCUT2D eigenvalue weighted by molar-refractivity contribution is 6.09. The van der Waals surface area contributed by atoms with E-state index in [0.717, 1.165) is 44.2 Å². The Kier molecular flexibility index (Phi) is 7.16. The third kappa shape index (κ3) is 4.69. The summed E-state index contributed by atoms with van der Waals surface area (Å²) < 4.78 is 6.62. The average molecular weight is 756 g/mol. The van der Waals surface area contributed by atoms with Crippen LogP contribution in [0.2, 0.25) is 0 Å². The lowest BCUT2D eigenvalue weighted by molar-refractivity contribution is 0.661. The lowest BCUT2D eigenvalue weighted by Gasteiger charge is -2.33. The van der Waals surface area contributed by atoms with Gasteiger partial charge in [0, 0.05) is 27.3 Å². The minimum atomic E-state index is -0.556. The smallest absolute Gasteiger partial charge is 0.167 e. The molecular weight excluding hydrogens is 719 g/mol. The van der Waals surface area contributed by atoms with Crippen LogP contribution in [-0.4, -0.2) is 15.0 Å². The Labute approximate surface area is 342 Å². The fraction of sp³-hybridized carbons (Fsp3) is 0.0727. The molecule has 4 nitrogen and oxygen atoms in total. The molecule has 0 aliphatic heterocycles. The number of hydrogen-bond donors (Lipinski definition) is 0. The maximum absolute atomic E-state index is 6.62. The number of furan rings is 1. The molecule has 0 spiro atoms. The number of hydrogen-bond acceptors (Lipinski definition) is 4. The number of aromatic nitrogens is 3. The molecule has 0 N–H and O–H groups in total. The van der Waals surface area contributed by atoms with E-state index in [1.54, 1.807) is 0 Å². The van der Waals surface area contributed by atoms with Crippen molar-refractivity contribution in [1.29, 1.82) is 0 Å². The van der Waals surface area contributed by atoms with Crippen LogP contribution >= 0.6 is 0 Å². The van der Waals surface area contributed by atoms with E-state index in [1.807, 2.05) is 12.1 Å². The summed E-state index contributed by atoms with van der Waals surface area (Å²) in [5, 5.41) is 2.10. The number of nitrogens with zero attached hydrogens (tertiary/aromatic N) is 3. The van der Waals surface area contributed by atoms with Gasteiger partial charge in [-0.25, -0.2) is 15.0 Å². The molecule has 0 radical (unpaired) electrons.